The average Bonchev–Trinajstić information content (AvgIpc) is 2.77. The summed E-state index contributed by atoms with van der Waals surface area (Å²) in [4.78, 5) is 32.0. The Kier molecular flexibility index (Phi) is 4.04. The minimum Gasteiger partial charge on any atom is -0.477 e. The van der Waals surface area contributed by atoms with Crippen molar-refractivity contribution in [3.05, 3.63) is 0 Å². The van der Waals surface area contributed by atoms with Crippen LogP contribution in [0.2, 0.25) is 0 Å². The number of carbonyl (C=O) groups excluding carboxylic acids is 1. The van der Waals surface area contributed by atoms with Crippen LogP contribution in [0, 0.1) is 0 Å². The fraction of sp³-hybridized carbons (Fsp3) is 0.750. The van der Waals surface area contributed by atoms with Gasteiger partial charge in [-0.3, -0.25) is 4.79 Å². The maximum Gasteiger partial charge on any atom is 0.353 e. The SMILES string of the molecule is CC1CN(C)CCCN1C(=O)C1CC(C(=O)O)=NO1. The van der Waals surface area contributed by atoms with Gasteiger partial charge in [0.1, 0.15) is 0 Å². The highest BCUT2D eigenvalue weighted by Crippen LogP contribution is 2.17. The summed E-state index contributed by atoms with van der Waals surface area (Å²) < 4.78 is 0. The molecule has 2 heterocycles. The fourth-order valence-electron chi connectivity index (χ4n) is 2.52. The van der Waals surface area contributed by atoms with Gasteiger partial charge in [-0.2, -0.15) is 0 Å². The number of hydrogen-bond donors (Lipinski definition) is 1. The molecule has 0 aromatic carbocycles. The summed E-state index contributed by atoms with van der Waals surface area (Å²) in [5.74, 6) is -1.29. The van der Waals surface area contributed by atoms with Gasteiger partial charge in [0.25, 0.3) is 5.91 Å². The monoisotopic (exact) mass is 269 g/mol. The predicted molar refractivity (Wildman–Crippen MR) is 67.8 cm³/mol. The largest absolute Gasteiger partial charge is 0.477 e. The number of likely N-dealkylation sites (N-methyl/N-ethyl adjacent to an activating group) is 1. The van der Waals surface area contributed by atoms with Crippen LogP contribution in [0.5, 0.6) is 0 Å². The summed E-state index contributed by atoms with van der Waals surface area (Å²) in [6.45, 7) is 4.43. The lowest BCUT2D eigenvalue weighted by molar-refractivity contribution is -0.144. The normalized spacial score (nSPS) is 28.5. The van der Waals surface area contributed by atoms with Crippen molar-refractivity contribution in [2.45, 2.75) is 31.9 Å². The van der Waals surface area contributed by atoms with Crippen molar-refractivity contribution in [1.29, 1.82) is 0 Å². The Labute approximate surface area is 111 Å². The van der Waals surface area contributed by atoms with Gasteiger partial charge in [0.15, 0.2) is 5.71 Å². The highest BCUT2D eigenvalue weighted by molar-refractivity contribution is 6.36. The van der Waals surface area contributed by atoms with Crippen LogP contribution in [0.4, 0.5) is 0 Å². The standard InChI is InChI=1S/C12H19N3O4/c1-8-7-14(2)4-3-5-15(8)11(16)10-6-9(12(17)18)13-19-10/h8,10H,3-7H2,1-2H3,(H,17,18). The number of aliphatic carboxylic acids is 1. The Hall–Kier alpha value is -1.63. The Balaban J connectivity index is 1.98. The molecule has 0 bridgehead atoms. The first kappa shape index (κ1) is 13.8. The third kappa shape index (κ3) is 3.04. The van der Waals surface area contributed by atoms with Crippen LogP contribution < -0.4 is 0 Å². The summed E-state index contributed by atoms with van der Waals surface area (Å²) in [5, 5.41) is 12.3. The second-order valence-corrected chi connectivity index (χ2v) is 5.14. The molecule has 0 radical (unpaired) electrons. The molecule has 0 aromatic rings. The van der Waals surface area contributed by atoms with Crippen LogP contribution in [-0.2, 0) is 14.4 Å². The van der Waals surface area contributed by atoms with Crippen molar-refractivity contribution in [3.8, 4) is 0 Å². The predicted octanol–water partition coefficient (Wildman–Crippen LogP) is -0.231. The Morgan fingerprint density at radius 2 is 2.16 bits per heavy atom. The number of amides is 1. The summed E-state index contributed by atoms with van der Waals surface area (Å²) >= 11 is 0. The Bertz CT molecular complexity index is 410. The highest BCUT2D eigenvalue weighted by atomic mass is 16.6. The summed E-state index contributed by atoms with van der Waals surface area (Å²) in [6, 6.07) is 0.0949. The van der Waals surface area contributed by atoms with E-state index in [0.717, 1.165) is 19.5 Å². The number of carboxylic acid groups (broad SMARTS) is 1. The van der Waals surface area contributed by atoms with Gasteiger partial charge < -0.3 is 19.7 Å². The number of carbonyl (C=O) groups is 2. The molecule has 0 saturated carbocycles. The summed E-state index contributed by atoms with van der Waals surface area (Å²) in [5.41, 5.74) is -0.0852. The highest BCUT2D eigenvalue weighted by Gasteiger charge is 2.36. The molecule has 0 aliphatic carbocycles. The van der Waals surface area contributed by atoms with Gasteiger partial charge in [0.2, 0.25) is 6.10 Å². The minimum atomic E-state index is -1.13. The summed E-state index contributed by atoms with van der Waals surface area (Å²) in [6.07, 6.45) is 0.177. The quantitative estimate of drug-likeness (QED) is 0.748. The smallest absolute Gasteiger partial charge is 0.353 e. The van der Waals surface area contributed by atoms with Crippen LogP contribution >= 0.6 is 0 Å². The molecule has 1 N–H and O–H groups in total. The molecular weight excluding hydrogens is 250 g/mol. The molecule has 2 unspecified atom stereocenters. The van der Waals surface area contributed by atoms with Gasteiger partial charge in [-0.05, 0) is 26.9 Å². The molecule has 1 amide bonds. The molecule has 0 aromatic heterocycles. The van der Waals surface area contributed by atoms with Gasteiger partial charge in [0.05, 0.1) is 0 Å². The lowest BCUT2D eigenvalue weighted by atomic mass is 10.1. The van der Waals surface area contributed by atoms with Crippen LogP contribution in [0.3, 0.4) is 0 Å². The zero-order chi connectivity index (χ0) is 14.0. The number of rotatable bonds is 2. The van der Waals surface area contributed by atoms with Crippen molar-refractivity contribution in [3.63, 3.8) is 0 Å². The minimum absolute atomic E-state index is 0.0488. The second-order valence-electron chi connectivity index (χ2n) is 5.14. The first-order chi connectivity index (χ1) is 8.99. The van der Waals surface area contributed by atoms with E-state index in [1.165, 1.54) is 0 Å². The maximum absolute atomic E-state index is 12.4. The lowest BCUT2D eigenvalue weighted by Crippen LogP contribution is -2.46. The molecule has 19 heavy (non-hydrogen) atoms. The Morgan fingerprint density at radius 1 is 1.42 bits per heavy atom. The van der Waals surface area contributed by atoms with Crippen molar-refractivity contribution < 1.29 is 19.5 Å². The number of nitrogens with zero attached hydrogens (tertiary/aromatic N) is 3. The first-order valence-corrected chi connectivity index (χ1v) is 6.44. The molecule has 2 aliphatic rings. The number of hydrogen-bond acceptors (Lipinski definition) is 5. The molecule has 1 fully saturated rings. The number of carboxylic acids is 1. The van der Waals surface area contributed by atoms with Gasteiger partial charge in [-0.1, -0.05) is 5.16 Å². The second kappa shape index (κ2) is 5.56. The molecular formula is C12H19N3O4. The molecule has 0 spiro atoms. The first-order valence-electron chi connectivity index (χ1n) is 6.44. The average molecular weight is 269 g/mol. The summed E-state index contributed by atoms with van der Waals surface area (Å²) in [7, 11) is 2.03. The fourth-order valence-corrected chi connectivity index (χ4v) is 2.52. The van der Waals surface area contributed by atoms with Gasteiger partial charge in [0, 0.05) is 25.6 Å². The Morgan fingerprint density at radius 3 is 2.79 bits per heavy atom. The van der Waals surface area contributed by atoms with Crippen molar-refractivity contribution in [2.24, 2.45) is 5.16 Å². The van der Waals surface area contributed by atoms with Crippen LogP contribution in [0.15, 0.2) is 5.16 Å². The van der Waals surface area contributed by atoms with Crippen LogP contribution in [-0.4, -0.2) is 71.3 Å². The third-order valence-corrected chi connectivity index (χ3v) is 3.52. The molecule has 7 nitrogen and oxygen atoms in total. The van der Waals surface area contributed by atoms with Crippen molar-refractivity contribution in [2.75, 3.05) is 26.7 Å². The van der Waals surface area contributed by atoms with Gasteiger partial charge in [-0.25, -0.2) is 4.79 Å². The zero-order valence-electron chi connectivity index (χ0n) is 11.2. The zero-order valence-corrected chi connectivity index (χ0v) is 11.2. The van der Waals surface area contributed by atoms with E-state index in [4.69, 9.17) is 9.94 Å². The molecule has 7 heteroatoms. The van der Waals surface area contributed by atoms with E-state index in [-0.39, 0.29) is 24.1 Å². The van der Waals surface area contributed by atoms with Gasteiger partial charge in [-0.15, -0.1) is 0 Å². The molecule has 1 saturated heterocycles. The van der Waals surface area contributed by atoms with E-state index >= 15 is 0 Å². The van der Waals surface area contributed by atoms with E-state index in [2.05, 4.69) is 10.1 Å². The maximum atomic E-state index is 12.4. The van der Waals surface area contributed by atoms with Crippen LogP contribution in [0.25, 0.3) is 0 Å². The molecule has 106 valence electrons. The lowest BCUT2D eigenvalue weighted by Gasteiger charge is -2.29. The molecule has 2 aliphatic heterocycles. The van der Waals surface area contributed by atoms with E-state index < -0.39 is 12.1 Å². The van der Waals surface area contributed by atoms with E-state index in [1.807, 2.05) is 14.0 Å². The van der Waals surface area contributed by atoms with Crippen LogP contribution in [0.1, 0.15) is 19.8 Å². The topological polar surface area (TPSA) is 82.4 Å². The van der Waals surface area contributed by atoms with Gasteiger partial charge >= 0.3 is 5.97 Å². The van der Waals surface area contributed by atoms with E-state index in [0.29, 0.717) is 6.54 Å². The van der Waals surface area contributed by atoms with E-state index in [9.17, 15) is 9.59 Å². The van der Waals surface area contributed by atoms with E-state index in [1.54, 1.807) is 4.90 Å². The van der Waals surface area contributed by atoms with Crippen molar-refractivity contribution >= 4 is 17.6 Å². The molecule has 2 rings (SSSR count). The third-order valence-electron chi connectivity index (χ3n) is 3.52. The number of oxime groups is 1. The van der Waals surface area contributed by atoms with Crippen molar-refractivity contribution in [1.82, 2.24) is 9.80 Å². The molecule has 2 atom stereocenters.